The quantitative estimate of drug-likeness (QED) is 0.474. The second kappa shape index (κ2) is 10.2. The summed E-state index contributed by atoms with van der Waals surface area (Å²) in [5.74, 6) is 2.17. The molecular formula is C9H18BrF2NS. The minimum absolute atomic E-state index is 0.0948. The van der Waals surface area contributed by atoms with Gasteiger partial charge >= 0.3 is 0 Å². The van der Waals surface area contributed by atoms with Crippen molar-refractivity contribution >= 4 is 27.7 Å². The molecule has 0 aromatic carbocycles. The van der Waals surface area contributed by atoms with E-state index in [0.29, 0.717) is 6.54 Å². The molecule has 0 unspecified atom stereocenters. The Labute approximate surface area is 97.7 Å². The molecule has 0 aromatic rings. The summed E-state index contributed by atoms with van der Waals surface area (Å²) in [6, 6.07) is 0. The zero-order chi connectivity index (χ0) is 10.8. The summed E-state index contributed by atoms with van der Waals surface area (Å²) in [5, 5.41) is 0.765. The summed E-state index contributed by atoms with van der Waals surface area (Å²) in [5.41, 5.74) is 0. The molecule has 0 rings (SSSR count). The van der Waals surface area contributed by atoms with Gasteiger partial charge in [-0.15, -0.1) is 0 Å². The molecule has 0 N–H and O–H groups in total. The van der Waals surface area contributed by atoms with Crippen LogP contribution < -0.4 is 0 Å². The highest BCUT2D eigenvalue weighted by molar-refractivity contribution is 9.09. The van der Waals surface area contributed by atoms with Gasteiger partial charge in [0, 0.05) is 11.9 Å². The van der Waals surface area contributed by atoms with E-state index >= 15 is 0 Å². The van der Waals surface area contributed by atoms with Crippen LogP contribution in [0.3, 0.4) is 0 Å². The molecule has 1 nitrogen and oxygen atoms in total. The SMILES string of the molecule is CCSCCCN(CCBr)CC(F)F. The molecule has 0 aliphatic carbocycles. The topological polar surface area (TPSA) is 3.24 Å². The van der Waals surface area contributed by atoms with Crippen LogP contribution in [0.15, 0.2) is 0 Å². The molecule has 0 aliphatic rings. The van der Waals surface area contributed by atoms with Gasteiger partial charge in [-0.25, -0.2) is 8.78 Å². The number of alkyl halides is 3. The number of nitrogens with zero attached hydrogens (tertiary/aromatic N) is 1. The third kappa shape index (κ3) is 9.21. The maximum Gasteiger partial charge on any atom is 0.251 e. The predicted molar refractivity (Wildman–Crippen MR) is 63.9 cm³/mol. The van der Waals surface area contributed by atoms with Gasteiger partial charge in [0.2, 0.25) is 0 Å². The zero-order valence-corrected chi connectivity index (χ0v) is 10.9. The number of thioether (sulfide) groups is 1. The molecule has 0 bridgehead atoms. The summed E-state index contributed by atoms with van der Waals surface area (Å²) in [6.07, 6.45) is -1.22. The fourth-order valence-electron chi connectivity index (χ4n) is 1.14. The van der Waals surface area contributed by atoms with Crippen molar-refractivity contribution in [3.8, 4) is 0 Å². The van der Waals surface area contributed by atoms with Crippen LogP contribution in [0, 0.1) is 0 Å². The normalized spacial score (nSPS) is 11.6. The van der Waals surface area contributed by atoms with Crippen LogP contribution in [0.2, 0.25) is 0 Å². The van der Waals surface area contributed by atoms with Crippen molar-refractivity contribution in [3.05, 3.63) is 0 Å². The van der Waals surface area contributed by atoms with Crippen molar-refractivity contribution in [3.63, 3.8) is 0 Å². The maximum atomic E-state index is 12.1. The second-order valence-electron chi connectivity index (χ2n) is 2.93. The van der Waals surface area contributed by atoms with Crippen LogP contribution in [0.25, 0.3) is 0 Å². The van der Waals surface area contributed by atoms with Gasteiger partial charge < -0.3 is 0 Å². The molecule has 0 aromatic heterocycles. The number of hydrogen-bond donors (Lipinski definition) is 0. The Hall–Kier alpha value is 0.650. The monoisotopic (exact) mass is 289 g/mol. The highest BCUT2D eigenvalue weighted by atomic mass is 79.9. The molecular weight excluding hydrogens is 272 g/mol. The van der Waals surface area contributed by atoms with E-state index < -0.39 is 6.43 Å². The predicted octanol–water partition coefficient (Wildman–Crippen LogP) is 3.09. The molecule has 14 heavy (non-hydrogen) atoms. The molecule has 0 atom stereocenters. The highest BCUT2D eigenvalue weighted by Gasteiger charge is 2.10. The lowest BCUT2D eigenvalue weighted by Gasteiger charge is -2.20. The van der Waals surface area contributed by atoms with Crippen LogP contribution >= 0.6 is 27.7 Å². The largest absolute Gasteiger partial charge is 0.297 e. The minimum atomic E-state index is -2.21. The van der Waals surface area contributed by atoms with E-state index in [-0.39, 0.29) is 6.54 Å². The number of halogens is 3. The van der Waals surface area contributed by atoms with Gasteiger partial charge in [-0.2, -0.15) is 11.8 Å². The Morgan fingerprint density at radius 2 is 2.07 bits per heavy atom. The molecule has 0 amide bonds. The van der Waals surface area contributed by atoms with E-state index in [1.165, 1.54) is 0 Å². The van der Waals surface area contributed by atoms with Crippen molar-refractivity contribution in [2.75, 3.05) is 36.5 Å². The highest BCUT2D eigenvalue weighted by Crippen LogP contribution is 2.05. The van der Waals surface area contributed by atoms with Crippen molar-refractivity contribution < 1.29 is 8.78 Å². The lowest BCUT2D eigenvalue weighted by molar-refractivity contribution is 0.0916. The average Bonchev–Trinajstić information content (AvgIpc) is 2.12. The van der Waals surface area contributed by atoms with Crippen molar-refractivity contribution in [2.24, 2.45) is 0 Å². The fourth-order valence-corrected chi connectivity index (χ4v) is 2.27. The molecule has 5 heteroatoms. The summed E-state index contributed by atoms with van der Waals surface area (Å²) in [4.78, 5) is 1.82. The van der Waals surface area contributed by atoms with Gasteiger partial charge in [0.25, 0.3) is 6.43 Å². The van der Waals surface area contributed by atoms with Crippen molar-refractivity contribution in [1.82, 2.24) is 4.90 Å². The van der Waals surface area contributed by atoms with E-state index in [4.69, 9.17) is 0 Å². The molecule has 0 spiro atoms. The van der Waals surface area contributed by atoms with E-state index in [1.807, 2.05) is 16.7 Å². The lowest BCUT2D eigenvalue weighted by Crippen LogP contribution is -2.31. The first kappa shape index (κ1) is 14.6. The third-order valence-corrected chi connectivity index (χ3v) is 3.10. The molecule has 0 saturated carbocycles. The molecule has 0 saturated heterocycles. The second-order valence-corrected chi connectivity index (χ2v) is 5.12. The third-order valence-electron chi connectivity index (χ3n) is 1.76. The summed E-state index contributed by atoms with van der Waals surface area (Å²) in [7, 11) is 0. The number of hydrogen-bond acceptors (Lipinski definition) is 2. The Kier molecular flexibility index (Phi) is 10.6. The Bertz CT molecular complexity index is 127. The van der Waals surface area contributed by atoms with Crippen LogP contribution in [0.5, 0.6) is 0 Å². The van der Waals surface area contributed by atoms with Crippen LogP contribution in [0.1, 0.15) is 13.3 Å². The maximum absolute atomic E-state index is 12.1. The molecule has 0 radical (unpaired) electrons. The first-order valence-electron chi connectivity index (χ1n) is 4.85. The lowest BCUT2D eigenvalue weighted by atomic mass is 10.4. The summed E-state index contributed by atoms with van der Waals surface area (Å²) >= 11 is 5.13. The minimum Gasteiger partial charge on any atom is -0.297 e. The Balaban J connectivity index is 3.51. The van der Waals surface area contributed by atoms with Crippen molar-refractivity contribution in [1.29, 1.82) is 0 Å². The van der Waals surface area contributed by atoms with Gasteiger partial charge in [-0.1, -0.05) is 22.9 Å². The smallest absolute Gasteiger partial charge is 0.251 e. The first-order valence-corrected chi connectivity index (χ1v) is 7.12. The van der Waals surface area contributed by atoms with E-state index in [9.17, 15) is 8.78 Å². The van der Waals surface area contributed by atoms with Crippen LogP contribution in [-0.4, -0.2) is 47.8 Å². The molecule has 86 valence electrons. The Morgan fingerprint density at radius 3 is 2.57 bits per heavy atom. The van der Waals surface area contributed by atoms with Gasteiger partial charge in [0.15, 0.2) is 0 Å². The van der Waals surface area contributed by atoms with Crippen molar-refractivity contribution in [2.45, 2.75) is 19.8 Å². The van der Waals surface area contributed by atoms with Gasteiger partial charge in [0.1, 0.15) is 0 Å². The molecule has 0 aliphatic heterocycles. The molecule has 0 fully saturated rings. The number of rotatable bonds is 9. The van der Waals surface area contributed by atoms with Gasteiger partial charge in [-0.05, 0) is 24.5 Å². The first-order chi connectivity index (χ1) is 6.70. The van der Waals surface area contributed by atoms with Gasteiger partial charge in [0.05, 0.1) is 6.54 Å². The van der Waals surface area contributed by atoms with Gasteiger partial charge in [-0.3, -0.25) is 4.90 Å². The summed E-state index contributed by atoms with van der Waals surface area (Å²) < 4.78 is 24.2. The molecule has 0 heterocycles. The van der Waals surface area contributed by atoms with Crippen LogP contribution in [0.4, 0.5) is 8.78 Å². The standard InChI is InChI=1S/C9H18BrF2NS/c1-2-14-7-3-5-13(6-4-10)8-9(11)12/h9H,2-8H2,1H3. The Morgan fingerprint density at radius 1 is 1.36 bits per heavy atom. The average molecular weight is 290 g/mol. The zero-order valence-electron chi connectivity index (χ0n) is 8.52. The van der Waals surface area contributed by atoms with E-state index in [1.54, 1.807) is 0 Å². The summed E-state index contributed by atoms with van der Waals surface area (Å²) in [6.45, 7) is 3.51. The van der Waals surface area contributed by atoms with E-state index in [0.717, 1.165) is 29.8 Å². The fraction of sp³-hybridized carbons (Fsp3) is 1.00. The van der Waals surface area contributed by atoms with E-state index in [2.05, 4.69) is 22.9 Å². The van der Waals surface area contributed by atoms with Crippen LogP contribution in [-0.2, 0) is 0 Å².